The highest BCUT2D eigenvalue weighted by Crippen LogP contribution is 1.95. The Hall–Kier alpha value is -1.12. The molecule has 1 rings (SSSR count). The SMILES string of the molecule is CC(=O)c1ccno1. The van der Waals surface area contributed by atoms with Crippen molar-refractivity contribution in [2.75, 3.05) is 0 Å². The van der Waals surface area contributed by atoms with Crippen LogP contribution in [0.2, 0.25) is 0 Å². The quantitative estimate of drug-likeness (QED) is 0.505. The summed E-state index contributed by atoms with van der Waals surface area (Å²) in [6.07, 6.45) is 1.44. The summed E-state index contributed by atoms with van der Waals surface area (Å²) in [6, 6.07) is 1.53. The third-order valence-electron chi connectivity index (χ3n) is 0.785. The molecule has 0 N–H and O–H groups in total. The van der Waals surface area contributed by atoms with Crippen LogP contribution in [0.5, 0.6) is 0 Å². The Bertz CT molecular complexity index is 178. The Labute approximate surface area is 46.3 Å². The summed E-state index contributed by atoms with van der Waals surface area (Å²) in [4.78, 5) is 10.4. The first-order chi connectivity index (χ1) is 3.80. The fourth-order valence-corrected chi connectivity index (χ4v) is 0.397. The van der Waals surface area contributed by atoms with Gasteiger partial charge >= 0.3 is 0 Å². The molecule has 0 fully saturated rings. The van der Waals surface area contributed by atoms with Crippen LogP contribution in [-0.2, 0) is 0 Å². The minimum absolute atomic E-state index is 0.0949. The zero-order valence-electron chi connectivity index (χ0n) is 4.42. The van der Waals surface area contributed by atoms with E-state index in [1.54, 1.807) is 0 Å². The molecule has 0 aliphatic rings. The molecule has 1 aromatic heterocycles. The number of carbonyl (C=O) groups excluding carboxylic acids is 1. The first-order valence-electron chi connectivity index (χ1n) is 2.22. The lowest BCUT2D eigenvalue weighted by Crippen LogP contribution is -1.85. The van der Waals surface area contributed by atoms with Crippen molar-refractivity contribution in [3.05, 3.63) is 18.0 Å². The molecule has 3 nitrogen and oxygen atoms in total. The van der Waals surface area contributed by atoms with Gasteiger partial charge in [0.25, 0.3) is 0 Å². The zero-order chi connectivity index (χ0) is 5.98. The van der Waals surface area contributed by atoms with E-state index in [9.17, 15) is 4.79 Å². The summed E-state index contributed by atoms with van der Waals surface area (Å²) in [7, 11) is 0. The lowest BCUT2D eigenvalue weighted by atomic mass is 10.3. The Morgan fingerprint density at radius 2 is 2.62 bits per heavy atom. The van der Waals surface area contributed by atoms with Gasteiger partial charge in [-0.15, -0.1) is 0 Å². The number of hydrogen-bond acceptors (Lipinski definition) is 3. The van der Waals surface area contributed by atoms with Crippen LogP contribution in [-0.4, -0.2) is 10.9 Å². The summed E-state index contributed by atoms with van der Waals surface area (Å²) < 4.78 is 4.50. The molecule has 0 aromatic carbocycles. The van der Waals surface area contributed by atoms with Gasteiger partial charge in [-0.3, -0.25) is 4.79 Å². The molecule has 0 amide bonds. The molecule has 0 radical (unpaired) electrons. The van der Waals surface area contributed by atoms with Crippen LogP contribution in [0.4, 0.5) is 0 Å². The van der Waals surface area contributed by atoms with Gasteiger partial charge in [-0.25, -0.2) is 0 Å². The van der Waals surface area contributed by atoms with Crippen LogP contribution >= 0.6 is 0 Å². The molecule has 0 unspecified atom stereocenters. The molecule has 0 atom stereocenters. The van der Waals surface area contributed by atoms with Crippen LogP contribution in [0.25, 0.3) is 0 Å². The second-order valence-electron chi connectivity index (χ2n) is 1.43. The second-order valence-corrected chi connectivity index (χ2v) is 1.43. The molecule has 42 valence electrons. The molecule has 0 aliphatic heterocycles. The van der Waals surface area contributed by atoms with Gasteiger partial charge in [0, 0.05) is 13.0 Å². The minimum Gasteiger partial charge on any atom is -0.353 e. The number of hydrogen-bond donors (Lipinski definition) is 0. The monoisotopic (exact) mass is 111 g/mol. The van der Waals surface area contributed by atoms with E-state index in [1.165, 1.54) is 19.2 Å². The fourth-order valence-electron chi connectivity index (χ4n) is 0.397. The van der Waals surface area contributed by atoms with Gasteiger partial charge in [0.15, 0.2) is 5.78 Å². The largest absolute Gasteiger partial charge is 0.353 e. The van der Waals surface area contributed by atoms with E-state index in [2.05, 4.69) is 9.68 Å². The Balaban J connectivity index is 2.93. The smallest absolute Gasteiger partial charge is 0.202 e. The molecule has 8 heavy (non-hydrogen) atoms. The summed E-state index contributed by atoms with van der Waals surface area (Å²) in [6.45, 7) is 1.43. The average molecular weight is 111 g/mol. The van der Waals surface area contributed by atoms with Crippen molar-refractivity contribution in [1.29, 1.82) is 0 Å². The summed E-state index contributed by atoms with van der Waals surface area (Å²) in [5.41, 5.74) is 0. The number of carbonyl (C=O) groups is 1. The third-order valence-corrected chi connectivity index (χ3v) is 0.785. The molecule has 1 aromatic rings. The molecule has 1 heterocycles. The maximum atomic E-state index is 10.4. The highest BCUT2D eigenvalue weighted by molar-refractivity contribution is 5.90. The van der Waals surface area contributed by atoms with E-state index in [-0.39, 0.29) is 5.78 Å². The number of Topliss-reactive ketones (excluding diaryl/α,β-unsaturated/α-hetero) is 1. The average Bonchev–Trinajstić information content (AvgIpc) is 2.12. The van der Waals surface area contributed by atoms with Gasteiger partial charge in [-0.1, -0.05) is 5.16 Å². The van der Waals surface area contributed by atoms with Gasteiger partial charge in [-0.05, 0) is 0 Å². The Kier molecular flexibility index (Phi) is 1.12. The fraction of sp³-hybridized carbons (Fsp3) is 0.200. The van der Waals surface area contributed by atoms with Crippen molar-refractivity contribution in [3.63, 3.8) is 0 Å². The van der Waals surface area contributed by atoms with E-state index in [0.29, 0.717) is 5.76 Å². The van der Waals surface area contributed by atoms with Gasteiger partial charge < -0.3 is 4.52 Å². The Morgan fingerprint density at radius 1 is 1.88 bits per heavy atom. The minimum atomic E-state index is -0.0949. The van der Waals surface area contributed by atoms with Crippen LogP contribution in [0.1, 0.15) is 17.5 Å². The Morgan fingerprint density at radius 3 is 2.88 bits per heavy atom. The number of nitrogens with zero attached hydrogens (tertiary/aromatic N) is 1. The molecule has 0 aliphatic carbocycles. The second kappa shape index (κ2) is 1.78. The van der Waals surface area contributed by atoms with Crippen molar-refractivity contribution in [3.8, 4) is 0 Å². The summed E-state index contributed by atoms with van der Waals surface area (Å²) in [5.74, 6) is 0.215. The van der Waals surface area contributed by atoms with Crippen LogP contribution < -0.4 is 0 Å². The summed E-state index contributed by atoms with van der Waals surface area (Å²) >= 11 is 0. The van der Waals surface area contributed by atoms with Gasteiger partial charge in [0.1, 0.15) is 0 Å². The standard InChI is InChI=1S/C5H5NO2/c1-4(7)5-2-3-6-8-5/h2-3H,1H3. The van der Waals surface area contributed by atoms with Crippen molar-refractivity contribution >= 4 is 5.78 Å². The predicted molar refractivity (Wildman–Crippen MR) is 26.5 cm³/mol. The molecular formula is C5H5NO2. The molecular weight excluding hydrogens is 106 g/mol. The highest BCUT2D eigenvalue weighted by atomic mass is 16.5. The van der Waals surface area contributed by atoms with Crippen LogP contribution in [0.3, 0.4) is 0 Å². The van der Waals surface area contributed by atoms with E-state index in [4.69, 9.17) is 0 Å². The zero-order valence-corrected chi connectivity index (χ0v) is 4.42. The van der Waals surface area contributed by atoms with E-state index >= 15 is 0 Å². The van der Waals surface area contributed by atoms with E-state index in [0.717, 1.165) is 0 Å². The normalized spacial score (nSPS) is 9.12. The van der Waals surface area contributed by atoms with Gasteiger partial charge in [0.2, 0.25) is 5.76 Å². The first kappa shape index (κ1) is 5.03. The van der Waals surface area contributed by atoms with E-state index < -0.39 is 0 Å². The number of aromatic nitrogens is 1. The van der Waals surface area contributed by atoms with Crippen LogP contribution in [0, 0.1) is 0 Å². The maximum absolute atomic E-state index is 10.4. The van der Waals surface area contributed by atoms with Crippen molar-refractivity contribution in [1.82, 2.24) is 5.16 Å². The van der Waals surface area contributed by atoms with Crippen molar-refractivity contribution < 1.29 is 9.32 Å². The topological polar surface area (TPSA) is 43.1 Å². The number of ketones is 1. The maximum Gasteiger partial charge on any atom is 0.202 e. The first-order valence-corrected chi connectivity index (χ1v) is 2.22. The molecule has 0 saturated carbocycles. The van der Waals surface area contributed by atoms with E-state index in [1.807, 2.05) is 0 Å². The highest BCUT2D eigenvalue weighted by Gasteiger charge is 1.99. The summed E-state index contributed by atoms with van der Waals surface area (Å²) in [5, 5.41) is 3.35. The van der Waals surface area contributed by atoms with Crippen molar-refractivity contribution in [2.45, 2.75) is 6.92 Å². The van der Waals surface area contributed by atoms with Gasteiger partial charge in [-0.2, -0.15) is 0 Å². The van der Waals surface area contributed by atoms with Crippen LogP contribution in [0.15, 0.2) is 16.8 Å². The van der Waals surface area contributed by atoms with Gasteiger partial charge in [0.05, 0.1) is 6.20 Å². The molecule has 0 saturated heterocycles. The third kappa shape index (κ3) is 0.753. The molecule has 0 bridgehead atoms. The molecule has 3 heteroatoms. The number of rotatable bonds is 1. The van der Waals surface area contributed by atoms with Crippen molar-refractivity contribution in [2.24, 2.45) is 0 Å². The lowest BCUT2D eigenvalue weighted by molar-refractivity contribution is 0.0978. The molecule has 0 spiro atoms. The predicted octanol–water partition coefficient (Wildman–Crippen LogP) is 0.877. The lowest BCUT2D eigenvalue weighted by Gasteiger charge is -1.77.